The molecule has 0 heterocycles. The first-order valence-corrected chi connectivity index (χ1v) is 10.5. The van der Waals surface area contributed by atoms with Crippen LogP contribution in [0.4, 0.5) is 0 Å². The van der Waals surface area contributed by atoms with Gasteiger partial charge in [-0.3, -0.25) is 0 Å². The third-order valence-electron chi connectivity index (χ3n) is 3.47. The van der Waals surface area contributed by atoms with Crippen LogP contribution < -0.4 is 4.46 Å². The molecule has 0 fully saturated rings. The molecule has 0 saturated carbocycles. The van der Waals surface area contributed by atoms with Crippen LogP contribution in [0.1, 0.15) is 32.4 Å². The van der Waals surface area contributed by atoms with Crippen LogP contribution >= 0.6 is 11.6 Å². The van der Waals surface area contributed by atoms with E-state index >= 15 is 0 Å². The Kier molecular flexibility index (Phi) is 7.09. The maximum absolute atomic E-state index is 12.7. The number of esters is 1. The Labute approximate surface area is 160 Å². The zero-order valence-corrected chi connectivity index (χ0v) is 17.1. The van der Waals surface area contributed by atoms with Gasteiger partial charge in [-0.2, -0.15) is 0 Å². The Morgan fingerprint density at radius 2 is 1.72 bits per heavy atom. The van der Waals surface area contributed by atoms with Gasteiger partial charge in [0.25, 0.3) is 0 Å². The molecule has 0 unspecified atom stereocenters. The molecule has 134 valence electrons. The second-order valence-corrected chi connectivity index (χ2v) is 9.49. The number of rotatable bonds is 6. The summed E-state index contributed by atoms with van der Waals surface area (Å²) in [7, 11) is 0. The number of hydrogen-bond donors (Lipinski definition) is 1. The fourth-order valence-corrected chi connectivity index (χ4v) is 4.57. The van der Waals surface area contributed by atoms with Crippen molar-refractivity contribution < 1.29 is 14.6 Å². The molecule has 5 heteroatoms. The van der Waals surface area contributed by atoms with Gasteiger partial charge in [-0.1, -0.05) is 0 Å². The van der Waals surface area contributed by atoms with Gasteiger partial charge in [0.2, 0.25) is 0 Å². The molecule has 3 nitrogen and oxygen atoms in total. The van der Waals surface area contributed by atoms with Gasteiger partial charge in [-0.25, -0.2) is 0 Å². The molecular formula is C20H23ClO3Se. The number of aliphatic hydroxyl groups is 1. The van der Waals surface area contributed by atoms with Crippen LogP contribution in [0.5, 0.6) is 0 Å². The molecule has 0 amide bonds. The van der Waals surface area contributed by atoms with E-state index in [1.165, 1.54) is 4.46 Å². The third-order valence-corrected chi connectivity index (χ3v) is 6.10. The first-order chi connectivity index (χ1) is 11.8. The molecule has 0 radical (unpaired) electrons. The average molecular weight is 426 g/mol. The molecule has 0 aliphatic rings. The van der Waals surface area contributed by atoms with E-state index in [1.807, 2.05) is 51.1 Å². The number of ether oxygens (including phenoxy) is 1. The fourth-order valence-electron chi connectivity index (χ4n) is 2.26. The normalized spacial score (nSPS) is 14.0. The standard InChI is InChI=1S/C20H23ClO3Se/c1-20(2,3)24-19(23)17(13-25-16-7-5-4-6-8-16)18(22)14-9-11-15(21)12-10-14/h4-12,17-18,22H,13H2,1-3H3/t17-,18+/m1/s1. The fraction of sp³-hybridized carbons (Fsp3) is 0.350. The third kappa shape index (κ3) is 6.48. The summed E-state index contributed by atoms with van der Waals surface area (Å²) in [6.45, 7) is 5.50. The van der Waals surface area contributed by atoms with Crippen molar-refractivity contribution in [2.45, 2.75) is 37.8 Å². The van der Waals surface area contributed by atoms with Crippen molar-refractivity contribution in [1.29, 1.82) is 0 Å². The molecule has 2 rings (SSSR count). The maximum atomic E-state index is 12.7. The summed E-state index contributed by atoms with van der Waals surface area (Å²) in [6.07, 6.45) is -0.919. The number of hydrogen-bond acceptors (Lipinski definition) is 3. The van der Waals surface area contributed by atoms with E-state index in [0.717, 1.165) is 0 Å². The number of aliphatic hydroxyl groups excluding tert-OH is 1. The molecule has 1 N–H and O–H groups in total. The monoisotopic (exact) mass is 426 g/mol. The zero-order valence-electron chi connectivity index (χ0n) is 14.6. The van der Waals surface area contributed by atoms with E-state index in [9.17, 15) is 9.90 Å². The molecule has 0 aliphatic carbocycles. The van der Waals surface area contributed by atoms with Gasteiger partial charge in [-0.05, 0) is 0 Å². The summed E-state index contributed by atoms with van der Waals surface area (Å²) >= 11 is 5.98. The number of carbonyl (C=O) groups is 1. The van der Waals surface area contributed by atoms with Crippen molar-refractivity contribution in [3.63, 3.8) is 0 Å². The minimum atomic E-state index is -0.919. The number of halogens is 1. The van der Waals surface area contributed by atoms with Gasteiger partial charge in [0.05, 0.1) is 0 Å². The van der Waals surface area contributed by atoms with Gasteiger partial charge < -0.3 is 0 Å². The van der Waals surface area contributed by atoms with Gasteiger partial charge >= 0.3 is 161 Å². The van der Waals surface area contributed by atoms with Crippen LogP contribution in [0.2, 0.25) is 10.3 Å². The molecule has 0 saturated heterocycles. The SMILES string of the molecule is CC(C)(C)OC(=O)[C@H](C[Se]c1ccccc1)[C@@H](O)c1ccc(Cl)cc1. The van der Waals surface area contributed by atoms with Gasteiger partial charge in [0.15, 0.2) is 0 Å². The summed E-state index contributed by atoms with van der Waals surface area (Å²) in [5, 5.41) is 11.9. The topological polar surface area (TPSA) is 46.5 Å². The van der Waals surface area contributed by atoms with Crippen LogP contribution in [0, 0.1) is 5.92 Å². The summed E-state index contributed by atoms with van der Waals surface area (Å²) in [6, 6.07) is 16.9. The van der Waals surface area contributed by atoms with Crippen LogP contribution in [-0.4, -0.2) is 31.6 Å². The Morgan fingerprint density at radius 3 is 2.28 bits per heavy atom. The Bertz CT molecular complexity index is 680. The summed E-state index contributed by atoms with van der Waals surface area (Å²) < 4.78 is 6.73. The molecule has 2 atom stereocenters. The summed E-state index contributed by atoms with van der Waals surface area (Å²) in [5.41, 5.74) is 0.0820. The van der Waals surface area contributed by atoms with E-state index in [1.54, 1.807) is 24.3 Å². The second-order valence-electron chi connectivity index (χ2n) is 6.76. The van der Waals surface area contributed by atoms with Crippen molar-refractivity contribution >= 4 is 37.0 Å². The van der Waals surface area contributed by atoms with Crippen LogP contribution in [-0.2, 0) is 9.53 Å². The van der Waals surface area contributed by atoms with E-state index in [2.05, 4.69) is 0 Å². The van der Waals surface area contributed by atoms with Gasteiger partial charge in [0.1, 0.15) is 0 Å². The first kappa shape index (κ1) is 20.0. The van der Waals surface area contributed by atoms with E-state index in [-0.39, 0.29) is 20.9 Å². The number of carbonyl (C=O) groups excluding carboxylic acids is 1. The quantitative estimate of drug-likeness (QED) is 0.566. The van der Waals surface area contributed by atoms with Gasteiger partial charge in [0, 0.05) is 0 Å². The molecule has 2 aromatic rings. The zero-order chi connectivity index (χ0) is 18.4. The van der Waals surface area contributed by atoms with Crippen molar-refractivity contribution in [3.05, 3.63) is 65.2 Å². The average Bonchev–Trinajstić information content (AvgIpc) is 2.55. The molecule has 0 aromatic heterocycles. The molecule has 2 aromatic carbocycles. The van der Waals surface area contributed by atoms with Gasteiger partial charge in [-0.15, -0.1) is 0 Å². The summed E-state index contributed by atoms with van der Waals surface area (Å²) in [5.74, 6) is -0.978. The van der Waals surface area contributed by atoms with Crippen molar-refractivity contribution in [2.75, 3.05) is 0 Å². The van der Waals surface area contributed by atoms with Crippen LogP contribution in [0.3, 0.4) is 0 Å². The predicted octanol–water partition coefficient (Wildman–Crippen LogP) is 3.78. The predicted molar refractivity (Wildman–Crippen MR) is 102 cm³/mol. The van der Waals surface area contributed by atoms with E-state index < -0.39 is 17.6 Å². The Hall–Kier alpha value is -1.32. The number of benzene rings is 2. The van der Waals surface area contributed by atoms with Crippen LogP contribution in [0.25, 0.3) is 0 Å². The molecular weight excluding hydrogens is 403 g/mol. The van der Waals surface area contributed by atoms with E-state index in [0.29, 0.717) is 15.9 Å². The van der Waals surface area contributed by atoms with E-state index in [4.69, 9.17) is 16.3 Å². The van der Waals surface area contributed by atoms with Crippen molar-refractivity contribution in [3.8, 4) is 0 Å². The first-order valence-electron chi connectivity index (χ1n) is 8.10. The minimum absolute atomic E-state index is 0.0657. The van der Waals surface area contributed by atoms with Crippen molar-refractivity contribution in [2.24, 2.45) is 5.92 Å². The van der Waals surface area contributed by atoms with Crippen molar-refractivity contribution in [1.82, 2.24) is 0 Å². The summed E-state index contributed by atoms with van der Waals surface area (Å²) in [4.78, 5) is 12.7. The Morgan fingerprint density at radius 1 is 1.12 bits per heavy atom. The molecule has 25 heavy (non-hydrogen) atoms. The molecule has 0 spiro atoms. The Balaban J connectivity index is 2.18. The second kappa shape index (κ2) is 8.86. The van der Waals surface area contributed by atoms with Crippen LogP contribution in [0.15, 0.2) is 54.6 Å². The molecule has 0 aliphatic heterocycles. The molecule has 0 bridgehead atoms.